The Labute approximate surface area is 109 Å². The minimum absolute atomic E-state index is 0.968. The van der Waals surface area contributed by atoms with Crippen molar-refractivity contribution < 1.29 is 0 Å². The third kappa shape index (κ3) is 3.82. The Morgan fingerprint density at radius 1 is 0.944 bits per heavy atom. The van der Waals surface area contributed by atoms with Crippen molar-refractivity contribution in [3.8, 4) is 0 Å². The maximum atomic E-state index is 4.43. The molecule has 0 aliphatic rings. The smallest absolute Gasteiger partial charge is 0.0629 e. The first-order valence-electron chi connectivity index (χ1n) is 6.07. The van der Waals surface area contributed by atoms with Crippen LogP contribution in [0.4, 0.5) is 5.69 Å². The van der Waals surface area contributed by atoms with E-state index in [1.165, 1.54) is 5.56 Å². The second-order valence-electron chi connectivity index (χ2n) is 4.57. The second kappa shape index (κ2) is 6.12. The van der Waals surface area contributed by atoms with Gasteiger partial charge in [-0.25, -0.2) is 0 Å². The van der Waals surface area contributed by atoms with Crippen LogP contribution in [-0.2, 0) is 6.54 Å². The highest BCUT2D eigenvalue weighted by atomic mass is 15.0. The van der Waals surface area contributed by atoms with Crippen LogP contribution in [0.5, 0.6) is 0 Å². The van der Waals surface area contributed by atoms with Crippen LogP contribution in [0.15, 0.2) is 59.6 Å². The van der Waals surface area contributed by atoms with Gasteiger partial charge in [-0.05, 0) is 37.4 Å². The van der Waals surface area contributed by atoms with Crippen LogP contribution in [0, 0.1) is 0 Å². The zero-order valence-corrected chi connectivity index (χ0v) is 10.9. The number of para-hydroxylation sites is 1. The van der Waals surface area contributed by atoms with Crippen molar-refractivity contribution in [3.05, 3.63) is 65.7 Å². The van der Waals surface area contributed by atoms with Crippen molar-refractivity contribution in [1.82, 2.24) is 4.90 Å². The molecular formula is C16H18N2. The Bertz CT molecular complexity index is 498. The predicted molar refractivity (Wildman–Crippen MR) is 77.5 cm³/mol. The molecule has 0 saturated carbocycles. The van der Waals surface area contributed by atoms with Gasteiger partial charge in [-0.15, -0.1) is 0 Å². The Balaban J connectivity index is 2.04. The summed E-state index contributed by atoms with van der Waals surface area (Å²) in [4.78, 5) is 6.59. The van der Waals surface area contributed by atoms with Gasteiger partial charge in [-0.2, -0.15) is 0 Å². The van der Waals surface area contributed by atoms with Crippen LogP contribution >= 0.6 is 0 Å². The number of hydrogen-bond donors (Lipinski definition) is 0. The normalized spacial score (nSPS) is 11.3. The predicted octanol–water partition coefficient (Wildman–Crippen LogP) is 3.50. The fraction of sp³-hybridized carbons (Fsp3) is 0.188. The van der Waals surface area contributed by atoms with Gasteiger partial charge in [0.15, 0.2) is 0 Å². The first kappa shape index (κ1) is 12.5. The lowest BCUT2D eigenvalue weighted by Gasteiger charge is -2.09. The summed E-state index contributed by atoms with van der Waals surface area (Å²) in [6, 6.07) is 18.5. The molecule has 0 spiro atoms. The van der Waals surface area contributed by atoms with Gasteiger partial charge in [0.25, 0.3) is 0 Å². The van der Waals surface area contributed by atoms with Gasteiger partial charge in [0.1, 0.15) is 0 Å². The average molecular weight is 238 g/mol. The minimum atomic E-state index is 0.968. The molecule has 2 aromatic carbocycles. The Hall–Kier alpha value is -1.93. The number of aliphatic imine (C=N–C) groups is 1. The Morgan fingerprint density at radius 2 is 1.61 bits per heavy atom. The molecule has 0 aliphatic heterocycles. The standard InChI is InChI=1S/C16H18N2/c1-18(2)13-15-10-8-14(9-11-15)12-17-16-6-4-3-5-7-16/h3-12H,13H2,1-2H3. The summed E-state index contributed by atoms with van der Waals surface area (Å²) in [6.07, 6.45) is 1.90. The highest BCUT2D eigenvalue weighted by molar-refractivity contribution is 5.81. The molecule has 2 heteroatoms. The molecule has 2 rings (SSSR count). The van der Waals surface area contributed by atoms with Crippen molar-refractivity contribution in [1.29, 1.82) is 0 Å². The number of benzene rings is 2. The van der Waals surface area contributed by atoms with Gasteiger partial charge < -0.3 is 4.90 Å². The van der Waals surface area contributed by atoms with Crippen molar-refractivity contribution in [2.75, 3.05) is 14.1 Å². The van der Waals surface area contributed by atoms with Crippen molar-refractivity contribution >= 4 is 11.9 Å². The van der Waals surface area contributed by atoms with Gasteiger partial charge in [-0.3, -0.25) is 4.99 Å². The number of rotatable bonds is 4. The quantitative estimate of drug-likeness (QED) is 0.744. The molecule has 0 heterocycles. The Kier molecular flexibility index (Phi) is 4.26. The monoisotopic (exact) mass is 238 g/mol. The van der Waals surface area contributed by atoms with E-state index < -0.39 is 0 Å². The molecule has 0 N–H and O–H groups in total. The molecule has 2 nitrogen and oxygen atoms in total. The molecule has 0 unspecified atom stereocenters. The van der Waals surface area contributed by atoms with E-state index in [-0.39, 0.29) is 0 Å². The van der Waals surface area contributed by atoms with E-state index in [2.05, 4.69) is 48.3 Å². The van der Waals surface area contributed by atoms with Gasteiger partial charge in [-0.1, -0.05) is 42.5 Å². The van der Waals surface area contributed by atoms with E-state index >= 15 is 0 Å². The molecule has 0 aliphatic carbocycles. The topological polar surface area (TPSA) is 15.6 Å². The zero-order chi connectivity index (χ0) is 12.8. The first-order valence-corrected chi connectivity index (χ1v) is 6.07. The molecule has 0 aromatic heterocycles. The van der Waals surface area contributed by atoms with Crippen LogP contribution in [-0.4, -0.2) is 25.2 Å². The average Bonchev–Trinajstić information content (AvgIpc) is 2.38. The summed E-state index contributed by atoms with van der Waals surface area (Å²) in [7, 11) is 4.15. The molecule has 0 atom stereocenters. The SMILES string of the molecule is CN(C)Cc1ccc(C=Nc2ccccc2)cc1. The summed E-state index contributed by atoms with van der Waals surface area (Å²) in [5.41, 5.74) is 3.42. The van der Waals surface area contributed by atoms with E-state index in [4.69, 9.17) is 0 Å². The summed E-state index contributed by atoms with van der Waals surface area (Å²) in [5.74, 6) is 0. The lowest BCUT2D eigenvalue weighted by molar-refractivity contribution is 0.402. The maximum Gasteiger partial charge on any atom is 0.0629 e. The van der Waals surface area contributed by atoms with Crippen LogP contribution in [0.25, 0.3) is 0 Å². The zero-order valence-electron chi connectivity index (χ0n) is 10.9. The number of hydrogen-bond acceptors (Lipinski definition) is 2. The van der Waals surface area contributed by atoms with Crippen molar-refractivity contribution in [3.63, 3.8) is 0 Å². The van der Waals surface area contributed by atoms with Crippen LogP contribution < -0.4 is 0 Å². The lowest BCUT2D eigenvalue weighted by Crippen LogP contribution is -2.10. The highest BCUT2D eigenvalue weighted by Gasteiger charge is 1.94. The van der Waals surface area contributed by atoms with Gasteiger partial charge in [0.2, 0.25) is 0 Å². The fourth-order valence-electron chi connectivity index (χ4n) is 1.74. The molecule has 2 aromatic rings. The second-order valence-corrected chi connectivity index (χ2v) is 4.57. The van der Waals surface area contributed by atoms with Crippen molar-refractivity contribution in [2.24, 2.45) is 4.99 Å². The molecule has 0 radical (unpaired) electrons. The largest absolute Gasteiger partial charge is 0.305 e. The lowest BCUT2D eigenvalue weighted by atomic mass is 10.1. The minimum Gasteiger partial charge on any atom is -0.305 e. The third-order valence-electron chi connectivity index (χ3n) is 2.60. The maximum absolute atomic E-state index is 4.43. The Morgan fingerprint density at radius 3 is 2.22 bits per heavy atom. The number of nitrogens with zero attached hydrogens (tertiary/aromatic N) is 2. The molecule has 0 saturated heterocycles. The van der Waals surface area contributed by atoms with E-state index in [0.29, 0.717) is 0 Å². The summed E-state index contributed by atoms with van der Waals surface area (Å²) < 4.78 is 0. The first-order chi connectivity index (χ1) is 8.74. The molecule has 18 heavy (non-hydrogen) atoms. The molecule has 92 valence electrons. The van der Waals surface area contributed by atoms with Crippen LogP contribution in [0.1, 0.15) is 11.1 Å². The molecule has 0 bridgehead atoms. The van der Waals surface area contributed by atoms with Gasteiger partial charge in [0, 0.05) is 12.8 Å². The van der Waals surface area contributed by atoms with E-state index in [1.54, 1.807) is 0 Å². The highest BCUT2D eigenvalue weighted by Crippen LogP contribution is 2.10. The van der Waals surface area contributed by atoms with Crippen molar-refractivity contribution in [2.45, 2.75) is 6.54 Å². The fourth-order valence-corrected chi connectivity index (χ4v) is 1.74. The molecule has 0 amide bonds. The van der Waals surface area contributed by atoms with Gasteiger partial charge in [0.05, 0.1) is 5.69 Å². The molecule has 0 fully saturated rings. The summed E-state index contributed by atoms with van der Waals surface area (Å²) >= 11 is 0. The van der Waals surface area contributed by atoms with E-state index in [1.807, 2.05) is 36.5 Å². The van der Waals surface area contributed by atoms with Gasteiger partial charge >= 0.3 is 0 Å². The van der Waals surface area contributed by atoms with E-state index in [0.717, 1.165) is 17.8 Å². The third-order valence-corrected chi connectivity index (χ3v) is 2.60. The molecular weight excluding hydrogens is 220 g/mol. The van der Waals surface area contributed by atoms with E-state index in [9.17, 15) is 0 Å². The van der Waals surface area contributed by atoms with Crippen LogP contribution in [0.3, 0.4) is 0 Å². The van der Waals surface area contributed by atoms with Crippen LogP contribution in [0.2, 0.25) is 0 Å². The summed E-state index contributed by atoms with van der Waals surface area (Å²) in [6.45, 7) is 0.968. The summed E-state index contributed by atoms with van der Waals surface area (Å²) in [5, 5.41) is 0.